The van der Waals surface area contributed by atoms with Crippen LogP contribution in [0.15, 0.2) is 46.1 Å². The van der Waals surface area contributed by atoms with E-state index in [0.29, 0.717) is 30.7 Å². The zero-order valence-electron chi connectivity index (χ0n) is 19.7. The summed E-state index contributed by atoms with van der Waals surface area (Å²) < 4.78 is 0. The Labute approximate surface area is 223 Å². The highest BCUT2D eigenvalue weighted by molar-refractivity contribution is 8.00. The lowest BCUT2D eigenvalue weighted by Gasteiger charge is -2.49. The number of fused-ring (bicyclic) bond motifs is 1. The van der Waals surface area contributed by atoms with Crippen molar-refractivity contribution in [2.75, 3.05) is 31.2 Å². The first-order valence-electron chi connectivity index (χ1n) is 11.1. The van der Waals surface area contributed by atoms with Gasteiger partial charge in [0.05, 0.1) is 0 Å². The molecule has 3 aliphatic rings. The predicted molar refractivity (Wildman–Crippen MR) is 136 cm³/mol. The molecule has 38 heavy (non-hydrogen) atoms. The Balaban J connectivity index is 1.53. The van der Waals surface area contributed by atoms with Crippen molar-refractivity contribution in [3.05, 3.63) is 46.6 Å². The van der Waals surface area contributed by atoms with Gasteiger partial charge in [0, 0.05) is 29.8 Å². The molecular formula is C22H22N6O8S2. The van der Waals surface area contributed by atoms with Crippen LogP contribution in [-0.4, -0.2) is 97.2 Å². The number of rotatable bonds is 10. The summed E-state index contributed by atoms with van der Waals surface area (Å²) in [6.07, 6.45) is 3.57. The van der Waals surface area contributed by atoms with Gasteiger partial charge in [0.2, 0.25) is 12.5 Å². The highest BCUT2D eigenvalue weighted by Crippen LogP contribution is 2.41. The minimum absolute atomic E-state index is 0.0158. The number of hydrogen-bond acceptors (Lipinski definition) is 11. The van der Waals surface area contributed by atoms with Gasteiger partial charge in [-0.25, -0.2) is 14.6 Å². The number of carboxylic acid groups (broad SMARTS) is 2. The average molecular weight is 563 g/mol. The second kappa shape index (κ2) is 11.1. The molecule has 3 amide bonds. The van der Waals surface area contributed by atoms with Gasteiger partial charge in [0.15, 0.2) is 10.8 Å². The largest absolute Gasteiger partial charge is 0.479 e. The number of nitrogen functional groups attached to an aromatic ring is 1. The molecule has 2 fully saturated rings. The minimum atomic E-state index is -1.34. The number of β-lactam (4-membered cyclic amide) rings is 1. The summed E-state index contributed by atoms with van der Waals surface area (Å²) in [7, 11) is 0. The van der Waals surface area contributed by atoms with Crippen LogP contribution in [0.1, 0.15) is 12.1 Å². The van der Waals surface area contributed by atoms with Crippen molar-refractivity contribution in [2.24, 2.45) is 5.16 Å². The number of nitrogens with zero attached hydrogens (tertiary/aromatic N) is 4. The first-order valence-corrected chi connectivity index (χ1v) is 13.0. The van der Waals surface area contributed by atoms with Gasteiger partial charge in [0.1, 0.15) is 22.8 Å². The number of likely N-dealkylation sites (tertiary alicyclic amines) is 1. The molecule has 5 N–H and O–H groups in total. The fourth-order valence-electron chi connectivity index (χ4n) is 4.06. The van der Waals surface area contributed by atoms with E-state index in [2.05, 4.69) is 26.9 Å². The molecule has 1 aromatic rings. The van der Waals surface area contributed by atoms with Crippen molar-refractivity contribution in [3.63, 3.8) is 0 Å². The molecule has 0 radical (unpaired) electrons. The van der Waals surface area contributed by atoms with Crippen LogP contribution in [0.25, 0.3) is 0 Å². The zero-order chi connectivity index (χ0) is 27.6. The highest BCUT2D eigenvalue weighted by atomic mass is 32.2. The average Bonchev–Trinajstić information content (AvgIpc) is 3.45. The third-order valence-corrected chi connectivity index (χ3v) is 7.70. The molecule has 0 saturated carbocycles. The van der Waals surface area contributed by atoms with Crippen LogP contribution in [0.4, 0.5) is 5.13 Å². The number of carbonyl (C=O) groups is 5. The van der Waals surface area contributed by atoms with Crippen LogP contribution in [0, 0.1) is 0 Å². The molecule has 3 aliphatic heterocycles. The number of anilines is 1. The summed E-state index contributed by atoms with van der Waals surface area (Å²) in [5.41, 5.74) is 5.75. The number of aliphatic carboxylic acids is 2. The van der Waals surface area contributed by atoms with Crippen LogP contribution >= 0.6 is 23.1 Å². The number of hydrogen-bond donors (Lipinski definition) is 4. The SMILES string of the molecule is C=CCN1CCC(=CC2=C(C(=O)O)N3C(=O)[C@@H](NC(=O)C(=NOCC(=O)O)c4csc(N)n4)[C@H]3SC2)C1=O. The summed E-state index contributed by atoms with van der Waals surface area (Å²) in [5.74, 6) is -4.23. The third-order valence-electron chi connectivity index (χ3n) is 5.72. The molecule has 0 spiro atoms. The molecular weight excluding hydrogens is 540 g/mol. The first-order chi connectivity index (χ1) is 18.1. The summed E-state index contributed by atoms with van der Waals surface area (Å²) in [6, 6.07) is -1.09. The lowest BCUT2D eigenvalue weighted by atomic mass is 10.0. The van der Waals surface area contributed by atoms with Gasteiger partial charge in [-0.05, 0) is 18.1 Å². The van der Waals surface area contributed by atoms with E-state index in [0.717, 1.165) is 16.2 Å². The van der Waals surface area contributed by atoms with E-state index < -0.39 is 47.5 Å². The molecule has 0 bridgehead atoms. The van der Waals surface area contributed by atoms with Crippen molar-refractivity contribution in [3.8, 4) is 0 Å². The topological polar surface area (TPSA) is 205 Å². The predicted octanol–water partition coefficient (Wildman–Crippen LogP) is -0.386. The smallest absolute Gasteiger partial charge is 0.352 e. The van der Waals surface area contributed by atoms with E-state index in [1.807, 2.05) is 0 Å². The van der Waals surface area contributed by atoms with Gasteiger partial charge in [-0.3, -0.25) is 19.3 Å². The number of amides is 3. The highest BCUT2D eigenvalue weighted by Gasteiger charge is 2.54. The van der Waals surface area contributed by atoms with E-state index in [-0.39, 0.29) is 28.2 Å². The van der Waals surface area contributed by atoms with Gasteiger partial charge >= 0.3 is 11.9 Å². The van der Waals surface area contributed by atoms with Gasteiger partial charge < -0.3 is 31.0 Å². The molecule has 0 unspecified atom stereocenters. The Morgan fingerprint density at radius 2 is 2.11 bits per heavy atom. The van der Waals surface area contributed by atoms with Crippen molar-refractivity contribution in [2.45, 2.75) is 17.8 Å². The van der Waals surface area contributed by atoms with Crippen molar-refractivity contribution < 1.29 is 39.0 Å². The zero-order valence-corrected chi connectivity index (χ0v) is 21.3. The number of aromatic nitrogens is 1. The molecule has 4 rings (SSSR count). The van der Waals surface area contributed by atoms with Crippen LogP contribution in [-0.2, 0) is 28.8 Å². The molecule has 1 aromatic heterocycles. The number of thioether (sulfide) groups is 1. The second-order valence-corrected chi connectivity index (χ2v) is 10.2. The Morgan fingerprint density at radius 1 is 1.34 bits per heavy atom. The van der Waals surface area contributed by atoms with Crippen LogP contribution in [0.5, 0.6) is 0 Å². The molecule has 0 aliphatic carbocycles. The summed E-state index contributed by atoms with van der Waals surface area (Å²) >= 11 is 2.24. The van der Waals surface area contributed by atoms with Gasteiger partial charge in [-0.1, -0.05) is 11.2 Å². The number of allylic oxidation sites excluding steroid dienone is 1. The molecule has 0 aromatic carbocycles. The first kappa shape index (κ1) is 26.9. The van der Waals surface area contributed by atoms with Crippen LogP contribution < -0.4 is 11.1 Å². The third kappa shape index (κ3) is 5.26. The molecule has 16 heteroatoms. The molecule has 2 atom stereocenters. The molecule has 200 valence electrons. The fourth-order valence-corrected chi connectivity index (χ4v) is 5.91. The summed E-state index contributed by atoms with van der Waals surface area (Å²) in [5, 5.41) is 25.5. The monoisotopic (exact) mass is 562 g/mol. The van der Waals surface area contributed by atoms with E-state index in [1.165, 1.54) is 23.2 Å². The van der Waals surface area contributed by atoms with Crippen LogP contribution in [0.2, 0.25) is 0 Å². The van der Waals surface area contributed by atoms with E-state index >= 15 is 0 Å². The Kier molecular flexibility index (Phi) is 7.82. The number of nitrogens with two attached hydrogens (primary N) is 1. The lowest BCUT2D eigenvalue weighted by molar-refractivity contribution is -0.150. The maximum Gasteiger partial charge on any atom is 0.352 e. The van der Waals surface area contributed by atoms with E-state index in [9.17, 15) is 29.1 Å². The van der Waals surface area contributed by atoms with Gasteiger partial charge in [-0.2, -0.15) is 0 Å². The Hall–Kier alpha value is -4.18. The summed E-state index contributed by atoms with van der Waals surface area (Å²) in [6.45, 7) is 3.68. The number of carbonyl (C=O) groups excluding carboxylic acids is 3. The Bertz CT molecular complexity index is 1320. The second-order valence-electron chi connectivity index (χ2n) is 8.18. The summed E-state index contributed by atoms with van der Waals surface area (Å²) in [4.78, 5) is 72.7. The van der Waals surface area contributed by atoms with Gasteiger partial charge in [-0.15, -0.1) is 29.7 Å². The quantitative estimate of drug-likeness (QED) is 0.0950. The maximum atomic E-state index is 13.0. The number of oxime groups is 1. The fraction of sp³-hybridized carbons (Fsp3) is 0.318. The van der Waals surface area contributed by atoms with E-state index in [1.54, 1.807) is 11.0 Å². The van der Waals surface area contributed by atoms with Crippen molar-refractivity contribution in [1.29, 1.82) is 0 Å². The van der Waals surface area contributed by atoms with E-state index in [4.69, 9.17) is 10.8 Å². The Morgan fingerprint density at radius 3 is 2.74 bits per heavy atom. The van der Waals surface area contributed by atoms with Crippen LogP contribution in [0.3, 0.4) is 0 Å². The number of thiazole rings is 1. The number of nitrogens with one attached hydrogen (secondary N) is 1. The van der Waals surface area contributed by atoms with Crippen molar-refractivity contribution in [1.82, 2.24) is 20.1 Å². The lowest BCUT2D eigenvalue weighted by Crippen LogP contribution is -2.71. The van der Waals surface area contributed by atoms with Crippen molar-refractivity contribution >= 4 is 63.6 Å². The number of carboxylic acids is 2. The standard InChI is InChI=1S/C22H22N6O8S2/c1-2-4-27-5-3-10(18(27)32)6-11-8-37-20-15(19(33)28(20)16(11)21(34)35)25-17(31)14(26-36-7-13(29)30)12-9-38-22(23)24-12/h2,6,9,15,20H,1,3-5,7-8H2,(H2,23,24)(H,25,31)(H,29,30)(H,34,35)/t15-,20-/m1/s1. The molecule has 4 heterocycles. The minimum Gasteiger partial charge on any atom is -0.479 e. The maximum absolute atomic E-state index is 13.0. The normalized spacial score (nSPS) is 22.3. The van der Waals surface area contributed by atoms with Gasteiger partial charge in [0.25, 0.3) is 11.8 Å². The molecule has 14 nitrogen and oxygen atoms in total. The molecule has 2 saturated heterocycles.